The molecule has 1 atom stereocenters. The van der Waals surface area contributed by atoms with Crippen LogP contribution in [0.3, 0.4) is 0 Å². The van der Waals surface area contributed by atoms with Crippen molar-refractivity contribution in [3.05, 3.63) is 52.7 Å². The monoisotopic (exact) mass is 263 g/mol. The van der Waals surface area contributed by atoms with Crippen LogP contribution in [0.15, 0.2) is 36.5 Å². The third-order valence-electron chi connectivity index (χ3n) is 2.59. The lowest BCUT2D eigenvalue weighted by Crippen LogP contribution is -1.95. The third-order valence-corrected chi connectivity index (χ3v) is 2.83. The van der Waals surface area contributed by atoms with Crippen molar-refractivity contribution in [1.29, 1.82) is 0 Å². The number of hydrogen-bond donors (Lipinski definition) is 1. The molecule has 0 aliphatic carbocycles. The van der Waals surface area contributed by atoms with Crippen LogP contribution >= 0.6 is 11.6 Å². The van der Waals surface area contributed by atoms with E-state index in [9.17, 15) is 5.11 Å². The predicted molar refractivity (Wildman–Crippen MR) is 71.1 cm³/mol. The van der Waals surface area contributed by atoms with E-state index in [-0.39, 0.29) is 0 Å². The molecule has 1 aromatic carbocycles. The average Bonchev–Trinajstić information content (AvgIpc) is 2.33. The number of halogens is 1. The predicted octanol–water partition coefficient (Wildman–Crippen LogP) is 3.89. The third kappa shape index (κ3) is 3.00. The van der Waals surface area contributed by atoms with Crippen LogP contribution in [0, 0.1) is 6.92 Å². The molecule has 0 unspecified atom stereocenters. The summed E-state index contributed by atoms with van der Waals surface area (Å²) < 4.78 is 5.67. The highest BCUT2D eigenvalue weighted by molar-refractivity contribution is 6.30. The minimum Gasteiger partial charge on any atom is -0.439 e. The molecule has 0 saturated carbocycles. The van der Waals surface area contributed by atoms with Crippen LogP contribution in [0.5, 0.6) is 11.6 Å². The molecule has 0 bridgehead atoms. The summed E-state index contributed by atoms with van der Waals surface area (Å²) in [4.78, 5) is 4.11. The number of aromatic nitrogens is 1. The molecule has 2 aromatic rings. The largest absolute Gasteiger partial charge is 0.439 e. The Hall–Kier alpha value is -1.58. The molecular weight excluding hydrogens is 250 g/mol. The van der Waals surface area contributed by atoms with E-state index >= 15 is 0 Å². The highest BCUT2D eigenvalue weighted by Crippen LogP contribution is 2.27. The molecule has 0 amide bonds. The number of rotatable bonds is 3. The molecule has 94 valence electrons. The number of aliphatic hydroxyl groups is 1. The number of benzene rings is 1. The fraction of sp³-hybridized carbons (Fsp3) is 0.214. The van der Waals surface area contributed by atoms with Gasteiger partial charge in [-0.3, -0.25) is 0 Å². The van der Waals surface area contributed by atoms with Gasteiger partial charge in [-0.05, 0) is 49.2 Å². The van der Waals surface area contributed by atoms with Gasteiger partial charge in [-0.2, -0.15) is 0 Å². The maximum Gasteiger partial charge on any atom is 0.219 e. The normalized spacial score (nSPS) is 12.2. The zero-order chi connectivity index (χ0) is 13.1. The topological polar surface area (TPSA) is 42.4 Å². The van der Waals surface area contributed by atoms with Crippen molar-refractivity contribution in [3.63, 3.8) is 0 Å². The lowest BCUT2D eigenvalue weighted by molar-refractivity contribution is 0.198. The smallest absolute Gasteiger partial charge is 0.219 e. The Balaban J connectivity index is 2.25. The Morgan fingerprint density at radius 3 is 2.72 bits per heavy atom. The van der Waals surface area contributed by atoms with Crippen molar-refractivity contribution in [2.45, 2.75) is 20.0 Å². The van der Waals surface area contributed by atoms with Gasteiger partial charge in [-0.15, -0.1) is 0 Å². The molecule has 0 aliphatic heterocycles. The second kappa shape index (κ2) is 5.38. The van der Waals surface area contributed by atoms with Gasteiger partial charge in [-0.25, -0.2) is 4.98 Å². The molecule has 0 saturated heterocycles. The lowest BCUT2D eigenvalue weighted by Gasteiger charge is -2.10. The van der Waals surface area contributed by atoms with Gasteiger partial charge >= 0.3 is 0 Å². The Morgan fingerprint density at radius 1 is 1.28 bits per heavy atom. The quantitative estimate of drug-likeness (QED) is 0.914. The van der Waals surface area contributed by atoms with E-state index in [1.54, 1.807) is 37.4 Å². The number of aryl methyl sites for hydroxylation is 1. The minimum absolute atomic E-state index is 0.457. The second-order valence-corrected chi connectivity index (χ2v) is 4.55. The first kappa shape index (κ1) is 12.9. The summed E-state index contributed by atoms with van der Waals surface area (Å²) in [6.07, 6.45) is 1.07. The second-order valence-electron chi connectivity index (χ2n) is 4.12. The Kier molecular flexibility index (Phi) is 3.84. The summed E-state index contributed by atoms with van der Waals surface area (Å²) in [5.41, 5.74) is 1.71. The molecular formula is C14H14ClNO2. The van der Waals surface area contributed by atoms with Crippen molar-refractivity contribution < 1.29 is 9.84 Å². The molecule has 18 heavy (non-hydrogen) atoms. The van der Waals surface area contributed by atoms with Crippen LogP contribution in [0.2, 0.25) is 5.02 Å². The summed E-state index contributed by atoms with van der Waals surface area (Å²) in [6.45, 7) is 3.62. The van der Waals surface area contributed by atoms with Gasteiger partial charge in [0.1, 0.15) is 5.75 Å². The van der Waals surface area contributed by atoms with E-state index in [2.05, 4.69) is 4.98 Å². The zero-order valence-corrected chi connectivity index (χ0v) is 11.0. The van der Waals surface area contributed by atoms with Crippen LogP contribution < -0.4 is 4.74 Å². The van der Waals surface area contributed by atoms with Crippen LogP contribution in [-0.2, 0) is 0 Å². The van der Waals surface area contributed by atoms with Crippen molar-refractivity contribution in [3.8, 4) is 11.6 Å². The first-order valence-corrected chi connectivity index (χ1v) is 6.02. The van der Waals surface area contributed by atoms with Crippen LogP contribution in [-0.4, -0.2) is 10.1 Å². The van der Waals surface area contributed by atoms with E-state index in [0.717, 1.165) is 11.1 Å². The summed E-state index contributed by atoms with van der Waals surface area (Å²) >= 11 is 5.88. The Morgan fingerprint density at radius 2 is 2.06 bits per heavy atom. The summed E-state index contributed by atoms with van der Waals surface area (Å²) in [5.74, 6) is 1.16. The summed E-state index contributed by atoms with van der Waals surface area (Å²) in [6, 6.07) is 8.87. The SMILES string of the molecule is Cc1cc(Cl)ccc1Oc1cc([C@H](C)O)ccn1. The molecule has 1 aromatic heterocycles. The molecule has 3 nitrogen and oxygen atoms in total. The van der Waals surface area contributed by atoms with Gasteiger partial charge in [0.05, 0.1) is 6.10 Å². The number of hydrogen-bond acceptors (Lipinski definition) is 3. The molecule has 4 heteroatoms. The molecule has 1 heterocycles. The van der Waals surface area contributed by atoms with Crippen molar-refractivity contribution >= 4 is 11.6 Å². The summed E-state index contributed by atoms with van der Waals surface area (Å²) in [5, 5.41) is 10.2. The zero-order valence-electron chi connectivity index (χ0n) is 10.2. The van der Waals surface area contributed by atoms with Gasteiger partial charge in [0.2, 0.25) is 5.88 Å². The molecule has 1 N–H and O–H groups in total. The van der Waals surface area contributed by atoms with Gasteiger partial charge in [0.15, 0.2) is 0 Å². The number of aliphatic hydroxyl groups excluding tert-OH is 1. The maximum atomic E-state index is 9.50. The van der Waals surface area contributed by atoms with Gasteiger partial charge in [0.25, 0.3) is 0 Å². The highest BCUT2D eigenvalue weighted by atomic mass is 35.5. The fourth-order valence-electron chi connectivity index (χ4n) is 1.58. The standard InChI is InChI=1S/C14H14ClNO2/c1-9-7-12(15)3-4-13(9)18-14-8-11(10(2)17)5-6-16-14/h3-8,10,17H,1-2H3/t10-/m0/s1. The van der Waals surface area contributed by atoms with E-state index in [0.29, 0.717) is 16.7 Å². The number of ether oxygens (including phenoxy) is 1. The Labute approximate surface area is 111 Å². The highest BCUT2D eigenvalue weighted by Gasteiger charge is 2.06. The number of pyridine rings is 1. The van der Waals surface area contributed by atoms with Gasteiger partial charge in [-0.1, -0.05) is 11.6 Å². The van der Waals surface area contributed by atoms with Gasteiger partial charge < -0.3 is 9.84 Å². The maximum absolute atomic E-state index is 9.50. The molecule has 0 fully saturated rings. The van der Waals surface area contributed by atoms with E-state index in [4.69, 9.17) is 16.3 Å². The van der Waals surface area contributed by atoms with Crippen molar-refractivity contribution in [2.24, 2.45) is 0 Å². The van der Waals surface area contributed by atoms with E-state index < -0.39 is 6.10 Å². The van der Waals surface area contributed by atoms with Crippen LogP contribution in [0.1, 0.15) is 24.2 Å². The van der Waals surface area contributed by atoms with Crippen LogP contribution in [0.25, 0.3) is 0 Å². The first-order chi connectivity index (χ1) is 8.56. The summed E-state index contributed by atoms with van der Waals surface area (Å²) in [7, 11) is 0. The molecule has 2 rings (SSSR count). The molecule has 0 radical (unpaired) electrons. The van der Waals surface area contributed by atoms with E-state index in [1.807, 2.05) is 13.0 Å². The molecule has 0 spiro atoms. The minimum atomic E-state index is -0.540. The van der Waals surface area contributed by atoms with E-state index in [1.165, 1.54) is 0 Å². The first-order valence-electron chi connectivity index (χ1n) is 5.64. The average molecular weight is 264 g/mol. The van der Waals surface area contributed by atoms with Crippen LogP contribution in [0.4, 0.5) is 0 Å². The van der Waals surface area contributed by atoms with Crippen molar-refractivity contribution in [1.82, 2.24) is 4.98 Å². The fourth-order valence-corrected chi connectivity index (χ4v) is 1.81. The van der Waals surface area contributed by atoms with Gasteiger partial charge in [0, 0.05) is 17.3 Å². The Bertz CT molecular complexity index is 555. The lowest BCUT2D eigenvalue weighted by atomic mass is 10.2. The molecule has 0 aliphatic rings. The van der Waals surface area contributed by atoms with Crippen molar-refractivity contribution in [2.75, 3.05) is 0 Å². The number of nitrogens with zero attached hydrogens (tertiary/aromatic N) is 1.